The number of rotatable bonds is 37. The Labute approximate surface area is 286 Å². The first-order chi connectivity index (χ1) is 22.6. The number of allylic oxidation sites excluding steroid dienone is 2. The van der Waals surface area contributed by atoms with Crippen LogP contribution >= 0.6 is 0 Å². The minimum absolute atomic E-state index is 0.0602. The van der Waals surface area contributed by atoms with Crippen LogP contribution in [0.3, 0.4) is 0 Å². The molecule has 1 atom stereocenters. The van der Waals surface area contributed by atoms with Crippen molar-refractivity contribution in [2.24, 2.45) is 0 Å². The van der Waals surface area contributed by atoms with Gasteiger partial charge < -0.3 is 14.6 Å². The smallest absolute Gasteiger partial charge is 0.306 e. The van der Waals surface area contributed by atoms with Gasteiger partial charge in [-0.2, -0.15) is 0 Å². The van der Waals surface area contributed by atoms with Gasteiger partial charge in [-0.05, 0) is 38.5 Å². The molecule has 0 heterocycles. The Hall–Kier alpha value is -1.36. The van der Waals surface area contributed by atoms with Gasteiger partial charge in [0.05, 0.1) is 6.61 Å². The van der Waals surface area contributed by atoms with Gasteiger partial charge in [-0.25, -0.2) is 0 Å². The molecule has 5 nitrogen and oxygen atoms in total. The van der Waals surface area contributed by atoms with E-state index in [1.165, 1.54) is 154 Å². The fraction of sp³-hybridized carbons (Fsp3) is 0.902. The third-order valence-corrected chi connectivity index (χ3v) is 9.06. The Morgan fingerprint density at radius 2 is 0.804 bits per heavy atom. The summed E-state index contributed by atoms with van der Waals surface area (Å²) in [5, 5.41) is 9.53. The Balaban J connectivity index is 3.48. The fourth-order valence-electron chi connectivity index (χ4n) is 5.96. The predicted octanol–water partition coefficient (Wildman–Crippen LogP) is 12.5. The van der Waals surface area contributed by atoms with E-state index < -0.39 is 6.10 Å². The summed E-state index contributed by atoms with van der Waals surface area (Å²) in [6.07, 6.45) is 42.8. The van der Waals surface area contributed by atoms with Crippen LogP contribution in [-0.2, 0) is 19.1 Å². The van der Waals surface area contributed by atoms with Gasteiger partial charge in [0.25, 0.3) is 0 Å². The quantitative estimate of drug-likeness (QED) is 0.0411. The van der Waals surface area contributed by atoms with E-state index in [0.29, 0.717) is 12.8 Å². The van der Waals surface area contributed by atoms with Crippen molar-refractivity contribution < 1.29 is 24.2 Å². The molecule has 0 rings (SSSR count). The van der Waals surface area contributed by atoms with E-state index >= 15 is 0 Å². The standard InChI is InChI=1S/C41H78O5/c1-3-5-7-9-11-13-15-16-17-18-19-20-21-22-23-24-26-27-29-31-33-35-40(43)45-38-39(37-42)46-41(44)36-34-32-30-28-25-14-12-10-8-6-4-2/h16-17,39,42H,3-15,18-38H2,1-2H3/t39-/m0/s1. The number of unbranched alkanes of at least 4 members (excludes halogenated alkanes) is 27. The number of esters is 2. The molecule has 0 saturated heterocycles. The molecule has 46 heavy (non-hydrogen) atoms. The summed E-state index contributed by atoms with van der Waals surface area (Å²) in [7, 11) is 0. The second kappa shape index (κ2) is 38.1. The van der Waals surface area contributed by atoms with Crippen molar-refractivity contribution in [2.75, 3.05) is 13.2 Å². The van der Waals surface area contributed by atoms with Crippen LogP contribution in [-0.4, -0.2) is 36.4 Å². The second-order valence-corrected chi connectivity index (χ2v) is 13.7. The highest BCUT2D eigenvalue weighted by atomic mass is 16.6. The minimum atomic E-state index is -0.763. The Morgan fingerprint density at radius 1 is 0.478 bits per heavy atom. The molecule has 0 aromatic carbocycles. The lowest BCUT2D eigenvalue weighted by atomic mass is 10.0. The molecule has 0 aliphatic heterocycles. The van der Waals surface area contributed by atoms with Crippen LogP contribution in [0.4, 0.5) is 0 Å². The van der Waals surface area contributed by atoms with E-state index in [1.807, 2.05) is 0 Å². The van der Waals surface area contributed by atoms with Gasteiger partial charge in [-0.1, -0.05) is 180 Å². The van der Waals surface area contributed by atoms with Gasteiger partial charge in [-0.3, -0.25) is 9.59 Å². The van der Waals surface area contributed by atoms with Crippen molar-refractivity contribution in [3.8, 4) is 0 Å². The van der Waals surface area contributed by atoms with Crippen LogP contribution in [0.2, 0.25) is 0 Å². The number of ether oxygens (including phenoxy) is 2. The van der Waals surface area contributed by atoms with E-state index in [-0.39, 0.29) is 25.2 Å². The van der Waals surface area contributed by atoms with E-state index in [0.717, 1.165) is 38.5 Å². The summed E-state index contributed by atoms with van der Waals surface area (Å²) in [4.78, 5) is 24.2. The summed E-state index contributed by atoms with van der Waals surface area (Å²) in [6, 6.07) is 0. The molecule has 1 N–H and O–H groups in total. The van der Waals surface area contributed by atoms with Crippen molar-refractivity contribution in [1.82, 2.24) is 0 Å². The molecule has 272 valence electrons. The van der Waals surface area contributed by atoms with E-state index in [4.69, 9.17) is 9.47 Å². The van der Waals surface area contributed by atoms with Crippen molar-refractivity contribution in [1.29, 1.82) is 0 Å². The maximum absolute atomic E-state index is 12.1. The zero-order valence-electron chi connectivity index (χ0n) is 30.9. The van der Waals surface area contributed by atoms with Gasteiger partial charge >= 0.3 is 11.9 Å². The zero-order valence-corrected chi connectivity index (χ0v) is 30.9. The minimum Gasteiger partial charge on any atom is -0.462 e. The SMILES string of the molecule is CCCCCCCCC=CCCCCCCCCCCCCCC(=O)OC[C@H](CO)OC(=O)CCCCCCCCCCCCC. The summed E-state index contributed by atoms with van der Waals surface area (Å²) in [6.45, 7) is 4.14. The summed E-state index contributed by atoms with van der Waals surface area (Å²) in [5.74, 6) is -0.582. The Kier molecular flexibility index (Phi) is 37.0. The molecule has 0 radical (unpaired) electrons. The van der Waals surface area contributed by atoms with Crippen LogP contribution in [0, 0.1) is 0 Å². The second-order valence-electron chi connectivity index (χ2n) is 13.7. The van der Waals surface area contributed by atoms with Crippen LogP contribution in [0.25, 0.3) is 0 Å². The number of aliphatic hydroxyl groups excluding tert-OH is 1. The highest BCUT2D eigenvalue weighted by molar-refractivity contribution is 5.70. The lowest BCUT2D eigenvalue weighted by molar-refractivity contribution is -0.161. The summed E-state index contributed by atoms with van der Waals surface area (Å²) >= 11 is 0. The molecule has 0 unspecified atom stereocenters. The molecule has 5 heteroatoms. The molecular weight excluding hydrogens is 572 g/mol. The Bertz CT molecular complexity index is 661. The van der Waals surface area contributed by atoms with Crippen LogP contribution < -0.4 is 0 Å². The lowest BCUT2D eigenvalue weighted by Gasteiger charge is -2.15. The highest BCUT2D eigenvalue weighted by Crippen LogP contribution is 2.15. The van der Waals surface area contributed by atoms with Gasteiger partial charge in [0, 0.05) is 12.8 Å². The first kappa shape index (κ1) is 44.6. The first-order valence-corrected chi connectivity index (χ1v) is 20.2. The van der Waals surface area contributed by atoms with Gasteiger partial charge in [0.2, 0.25) is 0 Å². The zero-order chi connectivity index (χ0) is 33.6. The third-order valence-electron chi connectivity index (χ3n) is 9.06. The monoisotopic (exact) mass is 651 g/mol. The molecule has 0 amide bonds. The van der Waals surface area contributed by atoms with Gasteiger partial charge in [-0.15, -0.1) is 0 Å². The molecule has 0 aliphatic rings. The first-order valence-electron chi connectivity index (χ1n) is 20.2. The molecule has 0 fully saturated rings. The van der Waals surface area contributed by atoms with Crippen molar-refractivity contribution in [3.63, 3.8) is 0 Å². The number of carbonyl (C=O) groups is 2. The molecule has 0 saturated carbocycles. The van der Waals surface area contributed by atoms with Crippen molar-refractivity contribution in [3.05, 3.63) is 12.2 Å². The average molecular weight is 651 g/mol. The largest absolute Gasteiger partial charge is 0.462 e. The fourth-order valence-corrected chi connectivity index (χ4v) is 5.96. The van der Waals surface area contributed by atoms with E-state index in [2.05, 4.69) is 26.0 Å². The van der Waals surface area contributed by atoms with Crippen molar-refractivity contribution >= 4 is 11.9 Å². The maximum Gasteiger partial charge on any atom is 0.306 e. The third kappa shape index (κ3) is 35.5. The molecular formula is C41H78O5. The lowest BCUT2D eigenvalue weighted by Crippen LogP contribution is -2.28. The maximum atomic E-state index is 12.1. The van der Waals surface area contributed by atoms with E-state index in [9.17, 15) is 14.7 Å². The molecule has 0 aromatic heterocycles. The van der Waals surface area contributed by atoms with Gasteiger partial charge in [0.15, 0.2) is 6.10 Å². The molecule has 0 aliphatic carbocycles. The topological polar surface area (TPSA) is 72.8 Å². The summed E-state index contributed by atoms with van der Waals surface area (Å²) < 4.78 is 10.6. The number of hydrogen-bond acceptors (Lipinski definition) is 5. The molecule has 0 spiro atoms. The normalized spacial score (nSPS) is 12.2. The van der Waals surface area contributed by atoms with Crippen LogP contribution in [0.1, 0.15) is 219 Å². The molecule has 0 aromatic rings. The highest BCUT2D eigenvalue weighted by Gasteiger charge is 2.16. The number of aliphatic hydroxyl groups is 1. The number of hydrogen-bond donors (Lipinski definition) is 1. The van der Waals surface area contributed by atoms with Crippen molar-refractivity contribution in [2.45, 2.75) is 225 Å². The van der Waals surface area contributed by atoms with Gasteiger partial charge in [0.1, 0.15) is 6.61 Å². The number of carbonyl (C=O) groups excluding carboxylic acids is 2. The summed E-state index contributed by atoms with van der Waals surface area (Å²) in [5.41, 5.74) is 0. The average Bonchev–Trinajstić information content (AvgIpc) is 3.06. The predicted molar refractivity (Wildman–Crippen MR) is 196 cm³/mol. The van der Waals surface area contributed by atoms with Crippen LogP contribution in [0.15, 0.2) is 12.2 Å². The van der Waals surface area contributed by atoms with E-state index in [1.54, 1.807) is 0 Å². The van der Waals surface area contributed by atoms with Crippen LogP contribution in [0.5, 0.6) is 0 Å². The molecule has 0 bridgehead atoms. The Morgan fingerprint density at radius 3 is 1.17 bits per heavy atom.